The van der Waals surface area contributed by atoms with E-state index in [9.17, 15) is 4.79 Å². The van der Waals surface area contributed by atoms with Gasteiger partial charge in [0.15, 0.2) is 0 Å². The molecule has 0 aliphatic carbocycles. The first-order valence-electron chi connectivity index (χ1n) is 13.7. The van der Waals surface area contributed by atoms with Crippen LogP contribution in [0.1, 0.15) is 57.4 Å². The van der Waals surface area contributed by atoms with Crippen molar-refractivity contribution in [2.75, 3.05) is 52.4 Å². The molecule has 5 rings (SSSR count). The first-order valence-corrected chi connectivity index (χ1v) is 13.7. The summed E-state index contributed by atoms with van der Waals surface area (Å²) in [5.41, 5.74) is 1.44. The van der Waals surface area contributed by atoms with Gasteiger partial charge in [-0.05, 0) is 75.6 Å². The fraction of sp³-hybridized carbons (Fsp3) is 0.750. The minimum absolute atomic E-state index is 0.386. The number of benzene rings is 1. The molecule has 33 heavy (non-hydrogen) atoms. The van der Waals surface area contributed by atoms with Crippen molar-refractivity contribution in [2.45, 2.75) is 70.5 Å². The van der Waals surface area contributed by atoms with Crippen molar-refractivity contribution in [3.8, 4) is 0 Å². The number of amides is 1. The quantitative estimate of drug-likeness (QED) is 0.631. The molecule has 0 saturated carbocycles. The number of hydrogen-bond donors (Lipinski definition) is 0. The van der Waals surface area contributed by atoms with Crippen molar-refractivity contribution in [3.05, 3.63) is 35.9 Å². The second kappa shape index (κ2) is 10.9. The summed E-state index contributed by atoms with van der Waals surface area (Å²) in [5, 5.41) is 0. The molecule has 5 heteroatoms. The molecule has 182 valence electrons. The van der Waals surface area contributed by atoms with Crippen molar-refractivity contribution < 1.29 is 4.79 Å². The predicted octanol–water partition coefficient (Wildman–Crippen LogP) is 3.70. The fourth-order valence-electron chi connectivity index (χ4n) is 7.41. The summed E-state index contributed by atoms with van der Waals surface area (Å²) in [4.78, 5) is 23.2. The van der Waals surface area contributed by atoms with Crippen LogP contribution in [0, 0.1) is 11.8 Å². The van der Waals surface area contributed by atoms with Gasteiger partial charge in [-0.1, -0.05) is 37.3 Å². The summed E-state index contributed by atoms with van der Waals surface area (Å²) in [7, 11) is 0. The Balaban J connectivity index is 1.24. The molecule has 4 saturated heterocycles. The van der Waals surface area contributed by atoms with Gasteiger partial charge >= 0.3 is 0 Å². The Bertz CT molecular complexity index is 760. The van der Waals surface area contributed by atoms with Gasteiger partial charge in [0.25, 0.3) is 0 Å². The molecule has 5 nitrogen and oxygen atoms in total. The summed E-state index contributed by atoms with van der Waals surface area (Å²) in [5.74, 6) is 2.00. The van der Waals surface area contributed by atoms with Crippen LogP contribution in [-0.4, -0.2) is 89.9 Å². The highest BCUT2D eigenvalue weighted by atomic mass is 16.2. The number of carbonyl (C=O) groups is 1. The number of nitrogens with zero attached hydrogens (tertiary/aromatic N) is 4. The molecular formula is C28H44N4O. The lowest BCUT2D eigenvalue weighted by Crippen LogP contribution is -2.64. The van der Waals surface area contributed by atoms with E-state index in [4.69, 9.17) is 0 Å². The Labute approximate surface area is 201 Å². The lowest BCUT2D eigenvalue weighted by Gasteiger charge is -2.57. The zero-order valence-electron chi connectivity index (χ0n) is 20.7. The largest absolute Gasteiger partial charge is 0.340 e. The second-order valence-corrected chi connectivity index (χ2v) is 10.9. The van der Waals surface area contributed by atoms with Gasteiger partial charge in [0.2, 0.25) is 5.91 Å². The van der Waals surface area contributed by atoms with Crippen molar-refractivity contribution >= 4 is 5.91 Å². The second-order valence-electron chi connectivity index (χ2n) is 10.9. The molecule has 0 aromatic heterocycles. The Morgan fingerprint density at radius 1 is 0.970 bits per heavy atom. The molecule has 0 spiro atoms. The van der Waals surface area contributed by atoms with Crippen molar-refractivity contribution in [2.24, 2.45) is 11.8 Å². The van der Waals surface area contributed by atoms with Crippen LogP contribution in [0.4, 0.5) is 0 Å². The third-order valence-electron chi connectivity index (χ3n) is 9.07. The number of rotatable bonds is 7. The van der Waals surface area contributed by atoms with Gasteiger partial charge < -0.3 is 9.80 Å². The minimum Gasteiger partial charge on any atom is -0.340 e. The highest BCUT2D eigenvalue weighted by molar-refractivity contribution is 5.76. The van der Waals surface area contributed by atoms with Gasteiger partial charge in [0.05, 0.1) is 0 Å². The summed E-state index contributed by atoms with van der Waals surface area (Å²) >= 11 is 0. The van der Waals surface area contributed by atoms with E-state index in [1.807, 2.05) is 0 Å². The normalized spacial score (nSPS) is 31.4. The maximum atomic E-state index is 12.9. The van der Waals surface area contributed by atoms with E-state index < -0.39 is 0 Å². The molecule has 0 N–H and O–H groups in total. The first-order chi connectivity index (χ1) is 16.2. The van der Waals surface area contributed by atoms with Crippen LogP contribution in [0.5, 0.6) is 0 Å². The molecular weight excluding hydrogens is 408 g/mol. The number of piperazine rings is 1. The Hall–Kier alpha value is -1.43. The molecule has 4 atom stereocenters. The van der Waals surface area contributed by atoms with E-state index in [2.05, 4.69) is 56.9 Å². The molecule has 4 aliphatic heterocycles. The predicted molar refractivity (Wildman–Crippen MR) is 134 cm³/mol. The average molecular weight is 453 g/mol. The minimum atomic E-state index is 0.386. The standard InChI is InChI=1S/C28H44N4O/c1-2-29-17-19-30(20-18-29)27(33)14-6-13-26-25-12-8-16-31-15-7-11-24(28(25)31)22-32(26)21-23-9-4-3-5-10-23/h3-5,9-10,24-26,28H,2,6-8,11-22H2,1H3/t24-,25+,26+,28-/m0/s1. The lowest BCUT2D eigenvalue weighted by molar-refractivity contribution is -0.133. The number of likely N-dealkylation sites (N-methyl/N-ethyl adjacent to an activating group) is 1. The van der Waals surface area contributed by atoms with E-state index >= 15 is 0 Å². The number of carbonyl (C=O) groups excluding carboxylic acids is 1. The molecule has 4 fully saturated rings. The van der Waals surface area contributed by atoms with Crippen LogP contribution < -0.4 is 0 Å². The Kier molecular flexibility index (Phi) is 7.69. The molecule has 1 amide bonds. The zero-order chi connectivity index (χ0) is 22.6. The maximum absolute atomic E-state index is 12.9. The van der Waals surface area contributed by atoms with Crippen LogP contribution in [0.15, 0.2) is 30.3 Å². The van der Waals surface area contributed by atoms with Crippen LogP contribution in [-0.2, 0) is 11.3 Å². The van der Waals surface area contributed by atoms with Crippen LogP contribution >= 0.6 is 0 Å². The molecule has 1 aromatic carbocycles. The Morgan fingerprint density at radius 2 is 1.73 bits per heavy atom. The fourth-order valence-corrected chi connectivity index (χ4v) is 7.41. The highest BCUT2D eigenvalue weighted by Gasteiger charge is 2.48. The summed E-state index contributed by atoms with van der Waals surface area (Å²) < 4.78 is 0. The monoisotopic (exact) mass is 452 g/mol. The molecule has 0 radical (unpaired) electrons. The van der Waals surface area contributed by atoms with E-state index in [0.29, 0.717) is 11.9 Å². The van der Waals surface area contributed by atoms with Gasteiger partial charge in [0.1, 0.15) is 0 Å². The van der Waals surface area contributed by atoms with Crippen LogP contribution in [0.2, 0.25) is 0 Å². The third-order valence-corrected chi connectivity index (χ3v) is 9.07. The molecule has 0 unspecified atom stereocenters. The summed E-state index contributed by atoms with van der Waals surface area (Å²) in [6.45, 7) is 12.1. The van der Waals surface area contributed by atoms with E-state index in [1.165, 1.54) is 57.3 Å². The third kappa shape index (κ3) is 5.31. The van der Waals surface area contributed by atoms with Gasteiger partial charge in [-0.2, -0.15) is 0 Å². The van der Waals surface area contributed by atoms with Gasteiger partial charge in [-0.3, -0.25) is 14.6 Å². The SMILES string of the molecule is CCN1CCN(C(=O)CCC[C@@H]2[C@H]3CCCN4CCC[C@@H](CN2Cc2ccccc2)[C@@H]34)CC1. The molecule has 4 heterocycles. The number of hydrogen-bond acceptors (Lipinski definition) is 4. The molecule has 4 aliphatic rings. The summed E-state index contributed by atoms with van der Waals surface area (Å²) in [6, 6.07) is 12.5. The first kappa shape index (κ1) is 23.3. The molecule has 0 bridgehead atoms. The van der Waals surface area contributed by atoms with E-state index in [0.717, 1.165) is 70.0 Å². The highest BCUT2D eigenvalue weighted by Crippen LogP contribution is 2.43. The summed E-state index contributed by atoms with van der Waals surface area (Å²) in [6.07, 6.45) is 8.44. The van der Waals surface area contributed by atoms with Crippen LogP contribution in [0.3, 0.4) is 0 Å². The average Bonchev–Trinajstić information content (AvgIpc) is 2.86. The smallest absolute Gasteiger partial charge is 0.222 e. The number of piperidine rings is 3. The van der Waals surface area contributed by atoms with Crippen molar-refractivity contribution in [3.63, 3.8) is 0 Å². The van der Waals surface area contributed by atoms with E-state index in [-0.39, 0.29) is 0 Å². The molecule has 1 aromatic rings. The van der Waals surface area contributed by atoms with Gasteiger partial charge in [-0.15, -0.1) is 0 Å². The van der Waals surface area contributed by atoms with Crippen molar-refractivity contribution in [1.82, 2.24) is 19.6 Å². The van der Waals surface area contributed by atoms with Crippen LogP contribution in [0.25, 0.3) is 0 Å². The lowest BCUT2D eigenvalue weighted by atomic mass is 9.69. The Morgan fingerprint density at radius 3 is 2.48 bits per heavy atom. The zero-order valence-corrected chi connectivity index (χ0v) is 20.7. The van der Waals surface area contributed by atoms with Gasteiger partial charge in [0, 0.05) is 57.8 Å². The van der Waals surface area contributed by atoms with Crippen molar-refractivity contribution in [1.29, 1.82) is 0 Å². The maximum Gasteiger partial charge on any atom is 0.222 e. The topological polar surface area (TPSA) is 30.0 Å². The number of likely N-dealkylation sites (tertiary alicyclic amines) is 1. The van der Waals surface area contributed by atoms with Gasteiger partial charge in [-0.25, -0.2) is 0 Å². The van der Waals surface area contributed by atoms with E-state index in [1.54, 1.807) is 0 Å².